The maximum absolute atomic E-state index is 6.29. The van der Waals surface area contributed by atoms with Crippen molar-refractivity contribution < 1.29 is 0 Å². The zero-order valence-corrected chi connectivity index (χ0v) is 13.5. The van der Waals surface area contributed by atoms with Gasteiger partial charge in [0.15, 0.2) is 0 Å². The molecule has 0 aliphatic carbocycles. The van der Waals surface area contributed by atoms with Gasteiger partial charge in [-0.25, -0.2) is 0 Å². The summed E-state index contributed by atoms with van der Waals surface area (Å²) in [5.41, 5.74) is 1.71. The Morgan fingerprint density at radius 3 is 2.39 bits per heavy atom. The Hall–Kier alpha value is -0.210. The molecule has 0 N–H and O–H groups in total. The third kappa shape index (κ3) is 2.85. The SMILES string of the molecule is CCCC1(CCC)CN(c2cc(Br)ccc2Cl)C1. The lowest BCUT2D eigenvalue weighted by atomic mass is 9.72. The van der Waals surface area contributed by atoms with Crippen LogP contribution >= 0.6 is 27.5 Å². The molecular weight excluding hydrogens is 310 g/mol. The van der Waals surface area contributed by atoms with Gasteiger partial charge < -0.3 is 4.90 Å². The Morgan fingerprint density at radius 2 is 1.83 bits per heavy atom. The summed E-state index contributed by atoms with van der Waals surface area (Å²) in [6.07, 6.45) is 5.23. The molecule has 1 aliphatic heterocycles. The van der Waals surface area contributed by atoms with Crippen molar-refractivity contribution in [1.29, 1.82) is 0 Å². The van der Waals surface area contributed by atoms with Gasteiger partial charge in [0.2, 0.25) is 0 Å². The highest BCUT2D eigenvalue weighted by molar-refractivity contribution is 9.10. The molecule has 0 radical (unpaired) electrons. The van der Waals surface area contributed by atoms with Gasteiger partial charge >= 0.3 is 0 Å². The lowest BCUT2D eigenvalue weighted by molar-refractivity contribution is 0.173. The standard InChI is InChI=1S/C15H21BrClN/c1-3-7-15(8-4-2)10-18(11-15)14-9-12(16)5-6-13(14)17/h5-6,9H,3-4,7-8,10-11H2,1-2H3. The Bertz CT molecular complexity index is 405. The number of anilines is 1. The summed E-state index contributed by atoms with van der Waals surface area (Å²) >= 11 is 9.81. The minimum absolute atomic E-state index is 0.537. The van der Waals surface area contributed by atoms with Crippen LogP contribution in [-0.4, -0.2) is 13.1 Å². The van der Waals surface area contributed by atoms with E-state index in [0.29, 0.717) is 5.41 Å². The van der Waals surface area contributed by atoms with E-state index in [1.807, 2.05) is 12.1 Å². The van der Waals surface area contributed by atoms with Crippen LogP contribution in [0.2, 0.25) is 5.02 Å². The van der Waals surface area contributed by atoms with E-state index < -0.39 is 0 Å². The number of halogens is 2. The molecule has 2 rings (SSSR count). The molecule has 0 amide bonds. The molecule has 3 heteroatoms. The minimum atomic E-state index is 0.537. The van der Waals surface area contributed by atoms with Crippen LogP contribution in [0.3, 0.4) is 0 Å². The van der Waals surface area contributed by atoms with Gasteiger partial charge in [-0.3, -0.25) is 0 Å². The summed E-state index contributed by atoms with van der Waals surface area (Å²) in [7, 11) is 0. The van der Waals surface area contributed by atoms with Gasteiger partial charge in [-0.05, 0) is 31.0 Å². The Balaban J connectivity index is 2.08. The van der Waals surface area contributed by atoms with Gasteiger partial charge in [-0.15, -0.1) is 0 Å². The maximum atomic E-state index is 6.29. The van der Waals surface area contributed by atoms with E-state index in [0.717, 1.165) is 22.6 Å². The quantitative estimate of drug-likeness (QED) is 0.688. The zero-order valence-electron chi connectivity index (χ0n) is 11.2. The molecular formula is C15H21BrClN. The molecule has 1 aliphatic rings. The molecule has 1 saturated heterocycles. The summed E-state index contributed by atoms with van der Waals surface area (Å²) in [6, 6.07) is 6.10. The molecule has 1 heterocycles. The van der Waals surface area contributed by atoms with Gasteiger partial charge in [-0.2, -0.15) is 0 Å². The summed E-state index contributed by atoms with van der Waals surface area (Å²) in [5, 5.41) is 0.861. The number of nitrogens with zero attached hydrogens (tertiary/aromatic N) is 1. The van der Waals surface area contributed by atoms with Crippen molar-refractivity contribution in [3.8, 4) is 0 Å². The molecule has 1 nitrogen and oxygen atoms in total. The van der Waals surface area contributed by atoms with Crippen LogP contribution in [0.25, 0.3) is 0 Å². The van der Waals surface area contributed by atoms with Crippen LogP contribution in [0.15, 0.2) is 22.7 Å². The Kier molecular flexibility index (Phi) is 4.60. The second-order valence-corrected chi connectivity index (χ2v) is 6.77. The maximum Gasteiger partial charge on any atom is 0.0640 e. The van der Waals surface area contributed by atoms with Crippen LogP contribution in [0.1, 0.15) is 39.5 Å². The smallest absolute Gasteiger partial charge is 0.0640 e. The minimum Gasteiger partial charge on any atom is -0.369 e. The first-order chi connectivity index (χ1) is 8.60. The van der Waals surface area contributed by atoms with Crippen molar-refractivity contribution in [2.75, 3.05) is 18.0 Å². The van der Waals surface area contributed by atoms with Crippen LogP contribution in [0.5, 0.6) is 0 Å². The fraction of sp³-hybridized carbons (Fsp3) is 0.600. The summed E-state index contributed by atoms with van der Waals surface area (Å²) in [5.74, 6) is 0. The first-order valence-corrected chi connectivity index (χ1v) is 7.97. The lowest BCUT2D eigenvalue weighted by Gasteiger charge is -2.52. The van der Waals surface area contributed by atoms with E-state index >= 15 is 0 Å². The largest absolute Gasteiger partial charge is 0.369 e. The van der Waals surface area contributed by atoms with E-state index in [4.69, 9.17) is 11.6 Å². The van der Waals surface area contributed by atoms with Crippen molar-refractivity contribution in [3.05, 3.63) is 27.7 Å². The molecule has 0 spiro atoms. The van der Waals surface area contributed by atoms with E-state index in [1.165, 1.54) is 31.4 Å². The molecule has 0 bridgehead atoms. The molecule has 1 fully saturated rings. The second-order valence-electron chi connectivity index (χ2n) is 5.45. The summed E-state index contributed by atoms with van der Waals surface area (Å²) in [4.78, 5) is 2.42. The van der Waals surface area contributed by atoms with Crippen molar-refractivity contribution in [2.45, 2.75) is 39.5 Å². The zero-order chi connectivity index (χ0) is 13.2. The fourth-order valence-corrected chi connectivity index (χ4v) is 3.75. The average molecular weight is 331 g/mol. The highest BCUT2D eigenvalue weighted by Crippen LogP contribution is 2.44. The molecule has 18 heavy (non-hydrogen) atoms. The Labute approximate surface area is 124 Å². The topological polar surface area (TPSA) is 3.24 Å². The van der Waals surface area contributed by atoms with Crippen LogP contribution < -0.4 is 4.90 Å². The number of benzene rings is 1. The van der Waals surface area contributed by atoms with Gasteiger partial charge in [0, 0.05) is 23.0 Å². The third-order valence-electron chi connectivity index (χ3n) is 3.86. The van der Waals surface area contributed by atoms with E-state index in [9.17, 15) is 0 Å². The second kappa shape index (κ2) is 5.83. The summed E-state index contributed by atoms with van der Waals surface area (Å²) in [6.45, 7) is 6.88. The highest BCUT2D eigenvalue weighted by atomic mass is 79.9. The summed E-state index contributed by atoms with van der Waals surface area (Å²) < 4.78 is 1.10. The van der Waals surface area contributed by atoms with E-state index in [1.54, 1.807) is 0 Å². The van der Waals surface area contributed by atoms with Crippen molar-refractivity contribution in [1.82, 2.24) is 0 Å². The van der Waals surface area contributed by atoms with Gasteiger partial charge in [0.05, 0.1) is 10.7 Å². The molecule has 100 valence electrons. The number of hydrogen-bond acceptors (Lipinski definition) is 1. The van der Waals surface area contributed by atoms with Crippen LogP contribution in [-0.2, 0) is 0 Å². The molecule has 0 unspecified atom stereocenters. The third-order valence-corrected chi connectivity index (χ3v) is 4.67. The van der Waals surface area contributed by atoms with Crippen molar-refractivity contribution >= 4 is 33.2 Å². The highest BCUT2D eigenvalue weighted by Gasteiger charge is 2.41. The number of rotatable bonds is 5. The predicted molar refractivity (Wildman–Crippen MR) is 83.6 cm³/mol. The van der Waals surface area contributed by atoms with Crippen LogP contribution in [0, 0.1) is 5.41 Å². The van der Waals surface area contributed by atoms with Crippen molar-refractivity contribution in [2.24, 2.45) is 5.41 Å². The monoisotopic (exact) mass is 329 g/mol. The molecule has 0 atom stereocenters. The molecule has 1 aromatic rings. The molecule has 0 aromatic heterocycles. The lowest BCUT2D eigenvalue weighted by Crippen LogP contribution is -2.56. The molecule has 1 aromatic carbocycles. The van der Waals surface area contributed by atoms with Gasteiger partial charge in [0.1, 0.15) is 0 Å². The normalized spacial score (nSPS) is 17.7. The average Bonchev–Trinajstić information content (AvgIpc) is 2.29. The van der Waals surface area contributed by atoms with Crippen LogP contribution in [0.4, 0.5) is 5.69 Å². The fourth-order valence-electron chi connectivity index (χ4n) is 3.16. The first kappa shape index (κ1) is 14.2. The number of hydrogen-bond donors (Lipinski definition) is 0. The first-order valence-electron chi connectivity index (χ1n) is 6.80. The van der Waals surface area contributed by atoms with E-state index in [-0.39, 0.29) is 0 Å². The van der Waals surface area contributed by atoms with Gasteiger partial charge in [-0.1, -0.05) is 54.2 Å². The van der Waals surface area contributed by atoms with Crippen molar-refractivity contribution in [3.63, 3.8) is 0 Å². The van der Waals surface area contributed by atoms with E-state index in [2.05, 4.69) is 40.7 Å². The predicted octanol–water partition coefficient (Wildman–Crippen LogP) is 5.51. The molecule has 0 saturated carbocycles. The van der Waals surface area contributed by atoms with Gasteiger partial charge in [0.25, 0.3) is 0 Å². The Morgan fingerprint density at radius 1 is 1.22 bits per heavy atom.